The molecule has 17 heavy (non-hydrogen) atoms. The summed E-state index contributed by atoms with van der Waals surface area (Å²) in [4.78, 5) is 11.5. The molecule has 0 atom stereocenters. The van der Waals surface area contributed by atoms with Gasteiger partial charge in [0.25, 0.3) is 0 Å². The van der Waals surface area contributed by atoms with Crippen LogP contribution in [0.3, 0.4) is 0 Å². The Hall–Kier alpha value is -0.900. The van der Waals surface area contributed by atoms with Gasteiger partial charge in [-0.2, -0.15) is 4.37 Å². The summed E-state index contributed by atoms with van der Waals surface area (Å²) in [6.07, 6.45) is 6.76. The molecule has 1 heterocycles. The number of aromatic nitrogens is 1. The van der Waals surface area contributed by atoms with Crippen LogP contribution in [0, 0.1) is 12.8 Å². The molecule has 0 unspecified atom stereocenters. The molecule has 1 saturated carbocycles. The van der Waals surface area contributed by atoms with E-state index in [2.05, 4.69) is 9.69 Å². The Bertz CT molecular complexity index is 394. The van der Waals surface area contributed by atoms with E-state index in [1.807, 2.05) is 6.92 Å². The van der Waals surface area contributed by atoms with Crippen molar-refractivity contribution in [3.8, 4) is 0 Å². The van der Waals surface area contributed by atoms with Gasteiger partial charge in [0.05, 0.1) is 11.3 Å². The van der Waals surface area contributed by atoms with Gasteiger partial charge in [-0.3, -0.25) is 4.79 Å². The third kappa shape index (κ3) is 3.06. The Kier molecular flexibility index (Phi) is 4.15. The van der Waals surface area contributed by atoms with Crippen LogP contribution in [-0.4, -0.2) is 16.7 Å². The minimum atomic E-state index is 0.111. The summed E-state index contributed by atoms with van der Waals surface area (Å²) in [5.41, 5.74) is 1.63. The van der Waals surface area contributed by atoms with Gasteiger partial charge in [-0.05, 0) is 37.7 Å². The Balaban J connectivity index is 1.88. The molecule has 1 fully saturated rings. The van der Waals surface area contributed by atoms with E-state index in [0.717, 1.165) is 28.7 Å². The van der Waals surface area contributed by atoms with Crippen molar-refractivity contribution < 1.29 is 4.79 Å². The molecule has 1 N–H and O–H groups in total. The number of nitrogens with one attached hydrogen (secondary N) is 1. The van der Waals surface area contributed by atoms with E-state index in [0.29, 0.717) is 0 Å². The molecule has 1 aliphatic rings. The fourth-order valence-corrected chi connectivity index (χ4v) is 3.46. The van der Waals surface area contributed by atoms with Crippen molar-refractivity contribution in [2.75, 3.05) is 11.9 Å². The van der Waals surface area contributed by atoms with Crippen LogP contribution >= 0.6 is 11.5 Å². The minimum Gasteiger partial charge on any atom is -0.375 e. The van der Waals surface area contributed by atoms with Gasteiger partial charge in [-0.15, -0.1) is 0 Å². The second kappa shape index (κ2) is 5.63. The summed E-state index contributed by atoms with van der Waals surface area (Å²) in [5.74, 6) is 0.997. The molecule has 0 saturated heterocycles. The van der Waals surface area contributed by atoms with E-state index < -0.39 is 0 Å². The molecule has 0 amide bonds. The van der Waals surface area contributed by atoms with Gasteiger partial charge in [0, 0.05) is 6.54 Å². The number of carbonyl (C=O) groups excluding carboxylic acids is 1. The standard InChI is InChI=1S/C13H20N2OS/c1-9-12(10(2)16)13(17-15-9)14-8-7-11-5-3-4-6-11/h11,14H,3-8H2,1-2H3. The zero-order valence-electron chi connectivity index (χ0n) is 10.6. The van der Waals surface area contributed by atoms with Gasteiger partial charge >= 0.3 is 0 Å². The molecule has 3 nitrogen and oxygen atoms in total. The fraction of sp³-hybridized carbons (Fsp3) is 0.692. The number of rotatable bonds is 5. The lowest BCUT2D eigenvalue weighted by atomic mass is 10.0. The number of ketones is 1. The summed E-state index contributed by atoms with van der Waals surface area (Å²) >= 11 is 1.41. The van der Waals surface area contributed by atoms with Crippen LogP contribution in [0.2, 0.25) is 0 Å². The molecule has 2 rings (SSSR count). The summed E-state index contributed by atoms with van der Waals surface area (Å²) < 4.78 is 4.25. The number of Topliss-reactive ketones (excluding diaryl/α,β-unsaturated/α-hetero) is 1. The largest absolute Gasteiger partial charge is 0.375 e. The highest BCUT2D eigenvalue weighted by Gasteiger charge is 2.17. The van der Waals surface area contributed by atoms with Gasteiger partial charge in [0.15, 0.2) is 5.78 Å². The molecule has 4 heteroatoms. The van der Waals surface area contributed by atoms with E-state index in [4.69, 9.17) is 0 Å². The topological polar surface area (TPSA) is 42.0 Å². The first-order valence-corrected chi connectivity index (χ1v) is 7.17. The first kappa shape index (κ1) is 12.6. The third-order valence-corrected chi connectivity index (χ3v) is 4.42. The lowest BCUT2D eigenvalue weighted by Crippen LogP contribution is -2.08. The van der Waals surface area contributed by atoms with Crippen molar-refractivity contribution in [2.24, 2.45) is 5.92 Å². The number of nitrogens with zero attached hydrogens (tertiary/aromatic N) is 1. The van der Waals surface area contributed by atoms with Crippen LogP contribution < -0.4 is 5.32 Å². The highest BCUT2D eigenvalue weighted by Crippen LogP contribution is 2.29. The number of anilines is 1. The molecule has 1 aromatic rings. The van der Waals surface area contributed by atoms with Crippen molar-refractivity contribution in [2.45, 2.75) is 46.0 Å². The maximum Gasteiger partial charge on any atom is 0.164 e. The molecular formula is C13H20N2OS. The first-order chi connectivity index (χ1) is 8.18. The lowest BCUT2D eigenvalue weighted by molar-refractivity contribution is 0.101. The summed E-state index contributed by atoms with van der Waals surface area (Å²) in [5, 5.41) is 4.33. The lowest BCUT2D eigenvalue weighted by Gasteiger charge is -2.10. The van der Waals surface area contributed by atoms with Crippen LogP contribution in [0.15, 0.2) is 0 Å². The molecule has 0 spiro atoms. The van der Waals surface area contributed by atoms with E-state index in [9.17, 15) is 4.79 Å². The Morgan fingerprint density at radius 2 is 2.18 bits per heavy atom. The van der Waals surface area contributed by atoms with Gasteiger partial charge in [0.1, 0.15) is 5.00 Å². The quantitative estimate of drug-likeness (QED) is 0.813. The van der Waals surface area contributed by atoms with E-state index in [1.54, 1.807) is 6.92 Å². The predicted molar refractivity (Wildman–Crippen MR) is 71.9 cm³/mol. The molecule has 1 aromatic heterocycles. The van der Waals surface area contributed by atoms with Crippen molar-refractivity contribution >= 4 is 22.3 Å². The molecule has 0 aromatic carbocycles. The van der Waals surface area contributed by atoms with E-state index in [1.165, 1.54) is 43.6 Å². The van der Waals surface area contributed by atoms with E-state index in [-0.39, 0.29) is 5.78 Å². The predicted octanol–water partition coefficient (Wildman–Crippen LogP) is 3.65. The number of carbonyl (C=O) groups is 1. The summed E-state index contributed by atoms with van der Waals surface area (Å²) in [7, 11) is 0. The molecule has 0 bridgehead atoms. The van der Waals surface area contributed by atoms with Crippen LogP contribution in [0.5, 0.6) is 0 Å². The number of aryl methyl sites for hydroxylation is 1. The molecule has 0 aliphatic heterocycles. The Morgan fingerprint density at radius 1 is 1.47 bits per heavy atom. The van der Waals surface area contributed by atoms with Gasteiger partial charge < -0.3 is 5.32 Å². The average molecular weight is 252 g/mol. The summed E-state index contributed by atoms with van der Waals surface area (Å²) in [6, 6.07) is 0. The van der Waals surface area contributed by atoms with Gasteiger partial charge in [-0.1, -0.05) is 25.7 Å². The number of hydrogen-bond donors (Lipinski definition) is 1. The molecular weight excluding hydrogens is 232 g/mol. The Morgan fingerprint density at radius 3 is 2.82 bits per heavy atom. The molecule has 0 radical (unpaired) electrons. The summed E-state index contributed by atoms with van der Waals surface area (Å²) in [6.45, 7) is 4.47. The highest BCUT2D eigenvalue weighted by atomic mass is 32.1. The van der Waals surface area contributed by atoms with Gasteiger partial charge in [0.2, 0.25) is 0 Å². The van der Waals surface area contributed by atoms with Crippen molar-refractivity contribution in [3.63, 3.8) is 0 Å². The monoisotopic (exact) mass is 252 g/mol. The number of hydrogen-bond acceptors (Lipinski definition) is 4. The van der Waals surface area contributed by atoms with Gasteiger partial charge in [-0.25, -0.2) is 0 Å². The average Bonchev–Trinajstić information content (AvgIpc) is 2.88. The zero-order chi connectivity index (χ0) is 12.3. The minimum absolute atomic E-state index is 0.111. The molecule has 94 valence electrons. The SMILES string of the molecule is CC(=O)c1c(C)nsc1NCCC1CCCC1. The van der Waals surface area contributed by atoms with Crippen molar-refractivity contribution in [3.05, 3.63) is 11.3 Å². The highest BCUT2D eigenvalue weighted by molar-refractivity contribution is 7.10. The van der Waals surface area contributed by atoms with Crippen molar-refractivity contribution in [1.29, 1.82) is 0 Å². The normalized spacial score (nSPS) is 16.4. The zero-order valence-corrected chi connectivity index (χ0v) is 11.4. The Labute approximate surface area is 107 Å². The maximum absolute atomic E-state index is 11.5. The van der Waals surface area contributed by atoms with Crippen LogP contribution in [0.4, 0.5) is 5.00 Å². The second-order valence-electron chi connectivity index (χ2n) is 4.89. The van der Waals surface area contributed by atoms with Crippen molar-refractivity contribution in [1.82, 2.24) is 4.37 Å². The van der Waals surface area contributed by atoms with E-state index >= 15 is 0 Å². The molecule has 1 aliphatic carbocycles. The van der Waals surface area contributed by atoms with Crippen LogP contribution in [-0.2, 0) is 0 Å². The maximum atomic E-state index is 11.5. The smallest absolute Gasteiger partial charge is 0.164 e. The third-order valence-electron chi connectivity index (χ3n) is 3.53. The second-order valence-corrected chi connectivity index (χ2v) is 5.67. The van der Waals surface area contributed by atoms with Crippen LogP contribution in [0.1, 0.15) is 55.1 Å². The van der Waals surface area contributed by atoms with Crippen LogP contribution in [0.25, 0.3) is 0 Å². The first-order valence-electron chi connectivity index (χ1n) is 6.39. The fourth-order valence-electron chi connectivity index (χ4n) is 2.59.